The molecule has 0 atom stereocenters. The molecule has 0 fully saturated rings. The lowest BCUT2D eigenvalue weighted by Crippen LogP contribution is -2.23. The van der Waals surface area contributed by atoms with Crippen LogP contribution in [0.3, 0.4) is 0 Å². The van der Waals surface area contributed by atoms with Gasteiger partial charge in [-0.3, -0.25) is 9.59 Å². The fourth-order valence-electron chi connectivity index (χ4n) is 2.71. The van der Waals surface area contributed by atoms with Crippen molar-refractivity contribution < 1.29 is 9.59 Å². The van der Waals surface area contributed by atoms with Gasteiger partial charge in [-0.2, -0.15) is 0 Å². The van der Waals surface area contributed by atoms with E-state index in [0.29, 0.717) is 22.3 Å². The Balaban J connectivity index is 2.39. The van der Waals surface area contributed by atoms with E-state index in [1.165, 1.54) is 0 Å². The standard InChI is InChI=1S/C17H14O2/c1-9-4-7-12-13(8-9)17(19)15-11(3)6-5-10(2)14(15)16(12)18/h4-8H,1-3H3. The zero-order chi connectivity index (χ0) is 13.7. The van der Waals surface area contributed by atoms with Crippen LogP contribution in [0.4, 0.5) is 0 Å². The molecular weight excluding hydrogens is 236 g/mol. The highest BCUT2D eigenvalue weighted by molar-refractivity contribution is 6.29. The van der Waals surface area contributed by atoms with E-state index in [4.69, 9.17) is 0 Å². The molecule has 0 radical (unpaired) electrons. The van der Waals surface area contributed by atoms with Crippen molar-refractivity contribution in [2.75, 3.05) is 0 Å². The molecular formula is C17H14O2. The third-order valence-corrected chi connectivity index (χ3v) is 3.74. The second kappa shape index (κ2) is 3.89. The molecule has 0 amide bonds. The predicted molar refractivity (Wildman–Crippen MR) is 74.0 cm³/mol. The van der Waals surface area contributed by atoms with Crippen LogP contribution >= 0.6 is 0 Å². The minimum absolute atomic E-state index is 0.0329. The number of ketones is 2. The number of hydrogen-bond donors (Lipinski definition) is 0. The molecule has 0 spiro atoms. The van der Waals surface area contributed by atoms with Gasteiger partial charge in [0.25, 0.3) is 0 Å². The van der Waals surface area contributed by atoms with Crippen molar-refractivity contribution in [2.24, 2.45) is 0 Å². The molecule has 0 saturated heterocycles. The molecule has 1 aliphatic rings. The van der Waals surface area contributed by atoms with Crippen molar-refractivity contribution >= 4 is 11.6 Å². The Hall–Kier alpha value is -2.22. The Kier molecular flexibility index (Phi) is 2.42. The number of hydrogen-bond acceptors (Lipinski definition) is 2. The third kappa shape index (κ3) is 1.56. The number of carbonyl (C=O) groups is 2. The van der Waals surface area contributed by atoms with E-state index in [0.717, 1.165) is 16.7 Å². The molecule has 2 aromatic rings. The predicted octanol–water partition coefficient (Wildman–Crippen LogP) is 3.39. The first-order valence-electron chi connectivity index (χ1n) is 6.31. The van der Waals surface area contributed by atoms with E-state index in [1.54, 1.807) is 12.1 Å². The maximum Gasteiger partial charge on any atom is 0.194 e. The van der Waals surface area contributed by atoms with Gasteiger partial charge >= 0.3 is 0 Å². The molecule has 2 aromatic carbocycles. The highest BCUT2D eigenvalue weighted by Crippen LogP contribution is 2.31. The minimum Gasteiger partial charge on any atom is -0.289 e. The van der Waals surface area contributed by atoms with Gasteiger partial charge in [-0.25, -0.2) is 0 Å². The molecule has 2 heteroatoms. The lowest BCUT2D eigenvalue weighted by atomic mass is 9.80. The summed E-state index contributed by atoms with van der Waals surface area (Å²) in [6.45, 7) is 5.68. The first-order chi connectivity index (χ1) is 9.00. The van der Waals surface area contributed by atoms with Crippen LogP contribution in [0, 0.1) is 20.8 Å². The molecule has 0 N–H and O–H groups in total. The fourth-order valence-corrected chi connectivity index (χ4v) is 2.71. The lowest BCUT2D eigenvalue weighted by Gasteiger charge is -2.21. The van der Waals surface area contributed by atoms with Crippen LogP contribution < -0.4 is 0 Å². The van der Waals surface area contributed by atoms with Crippen molar-refractivity contribution in [3.63, 3.8) is 0 Å². The van der Waals surface area contributed by atoms with Crippen LogP contribution in [-0.4, -0.2) is 11.6 Å². The summed E-state index contributed by atoms with van der Waals surface area (Å²) in [4.78, 5) is 25.2. The molecule has 0 aromatic heterocycles. The summed E-state index contributed by atoms with van der Waals surface area (Å²) in [7, 11) is 0. The first-order valence-corrected chi connectivity index (χ1v) is 6.31. The minimum atomic E-state index is -0.0363. The molecule has 0 heterocycles. The van der Waals surface area contributed by atoms with Crippen molar-refractivity contribution in [3.05, 3.63) is 69.3 Å². The summed E-state index contributed by atoms with van der Waals surface area (Å²) in [6, 6.07) is 9.24. The molecule has 94 valence electrons. The first kappa shape index (κ1) is 11.8. The summed E-state index contributed by atoms with van der Waals surface area (Å²) in [6.07, 6.45) is 0. The van der Waals surface area contributed by atoms with E-state index < -0.39 is 0 Å². The quantitative estimate of drug-likeness (QED) is 0.613. The molecule has 0 unspecified atom stereocenters. The largest absolute Gasteiger partial charge is 0.289 e. The van der Waals surface area contributed by atoms with E-state index in [1.807, 2.05) is 39.0 Å². The van der Waals surface area contributed by atoms with Crippen LogP contribution in [0.15, 0.2) is 30.3 Å². The van der Waals surface area contributed by atoms with Crippen LogP contribution in [0.1, 0.15) is 48.5 Å². The number of benzene rings is 2. The number of rotatable bonds is 0. The molecule has 1 aliphatic carbocycles. The van der Waals surface area contributed by atoms with Gasteiger partial charge in [-0.05, 0) is 38.0 Å². The summed E-state index contributed by atoms with van der Waals surface area (Å²) in [5, 5.41) is 0. The average molecular weight is 250 g/mol. The molecule has 19 heavy (non-hydrogen) atoms. The van der Waals surface area contributed by atoms with Gasteiger partial charge in [0.15, 0.2) is 11.6 Å². The highest BCUT2D eigenvalue weighted by Gasteiger charge is 2.31. The van der Waals surface area contributed by atoms with E-state index >= 15 is 0 Å². The average Bonchev–Trinajstić information content (AvgIpc) is 2.38. The van der Waals surface area contributed by atoms with Gasteiger partial charge in [0.2, 0.25) is 0 Å². The topological polar surface area (TPSA) is 34.1 Å². The Labute approximate surface area is 112 Å². The summed E-state index contributed by atoms with van der Waals surface area (Å²) in [5.74, 6) is -0.0692. The van der Waals surface area contributed by atoms with Gasteiger partial charge in [-0.15, -0.1) is 0 Å². The van der Waals surface area contributed by atoms with Crippen molar-refractivity contribution in [1.82, 2.24) is 0 Å². The van der Waals surface area contributed by atoms with E-state index in [9.17, 15) is 9.59 Å². The van der Waals surface area contributed by atoms with Crippen LogP contribution in [-0.2, 0) is 0 Å². The van der Waals surface area contributed by atoms with Gasteiger partial charge < -0.3 is 0 Å². The van der Waals surface area contributed by atoms with Gasteiger partial charge in [0.1, 0.15) is 0 Å². The maximum absolute atomic E-state index is 12.6. The van der Waals surface area contributed by atoms with Gasteiger partial charge in [0.05, 0.1) is 0 Å². The van der Waals surface area contributed by atoms with Crippen molar-refractivity contribution in [2.45, 2.75) is 20.8 Å². The second-order valence-corrected chi connectivity index (χ2v) is 5.16. The Bertz CT molecular complexity index is 739. The van der Waals surface area contributed by atoms with E-state index in [2.05, 4.69) is 0 Å². The van der Waals surface area contributed by atoms with Crippen LogP contribution in [0.2, 0.25) is 0 Å². The van der Waals surface area contributed by atoms with Crippen molar-refractivity contribution in [3.8, 4) is 0 Å². The monoisotopic (exact) mass is 250 g/mol. The summed E-state index contributed by atoms with van der Waals surface area (Å²) >= 11 is 0. The van der Waals surface area contributed by atoms with Gasteiger partial charge in [-0.1, -0.05) is 29.8 Å². The smallest absolute Gasteiger partial charge is 0.194 e. The Morgan fingerprint density at radius 1 is 0.684 bits per heavy atom. The molecule has 0 bridgehead atoms. The molecule has 3 rings (SSSR count). The fraction of sp³-hybridized carbons (Fsp3) is 0.176. The zero-order valence-corrected chi connectivity index (χ0v) is 11.2. The SMILES string of the molecule is Cc1ccc2c(c1)C(=O)c1c(C)ccc(C)c1C2=O. The van der Waals surface area contributed by atoms with Gasteiger partial charge in [0, 0.05) is 22.3 Å². The van der Waals surface area contributed by atoms with Crippen LogP contribution in [0.25, 0.3) is 0 Å². The Morgan fingerprint density at radius 3 is 1.79 bits per heavy atom. The number of carbonyl (C=O) groups excluding carboxylic acids is 2. The second-order valence-electron chi connectivity index (χ2n) is 5.16. The Morgan fingerprint density at radius 2 is 1.21 bits per heavy atom. The summed E-state index contributed by atoms with van der Waals surface area (Å²) in [5.41, 5.74) is 4.93. The third-order valence-electron chi connectivity index (χ3n) is 3.74. The summed E-state index contributed by atoms with van der Waals surface area (Å²) < 4.78 is 0. The molecule has 0 aliphatic heterocycles. The normalized spacial score (nSPS) is 13.2. The number of aryl methyl sites for hydroxylation is 3. The molecule has 0 saturated carbocycles. The lowest BCUT2D eigenvalue weighted by molar-refractivity contribution is 0.0978. The molecule has 2 nitrogen and oxygen atoms in total. The number of fused-ring (bicyclic) bond motifs is 2. The maximum atomic E-state index is 12.6. The van der Waals surface area contributed by atoms with Crippen LogP contribution in [0.5, 0.6) is 0 Å². The van der Waals surface area contributed by atoms with E-state index in [-0.39, 0.29) is 11.6 Å². The highest BCUT2D eigenvalue weighted by atomic mass is 16.1. The van der Waals surface area contributed by atoms with Crippen molar-refractivity contribution in [1.29, 1.82) is 0 Å². The zero-order valence-electron chi connectivity index (χ0n) is 11.2.